The van der Waals surface area contributed by atoms with E-state index >= 15 is 0 Å². The van der Waals surface area contributed by atoms with Gasteiger partial charge in [-0.25, -0.2) is 4.98 Å². The largest absolute Gasteiger partial charge is 0.352 e. The average Bonchev–Trinajstić information content (AvgIpc) is 2.86. The van der Waals surface area contributed by atoms with E-state index in [-0.39, 0.29) is 16.7 Å². The molecule has 2 aromatic rings. The number of rotatable bonds is 8. The van der Waals surface area contributed by atoms with Crippen LogP contribution in [0.2, 0.25) is 0 Å². The van der Waals surface area contributed by atoms with Gasteiger partial charge in [0.2, 0.25) is 5.91 Å². The van der Waals surface area contributed by atoms with Gasteiger partial charge in [-0.3, -0.25) is 14.2 Å². The lowest BCUT2D eigenvalue weighted by atomic mass is 10.2. The Bertz CT molecular complexity index is 839. The fraction of sp³-hybridized carbons (Fsp3) is 0.500. The molecule has 0 unspecified atom stereocenters. The van der Waals surface area contributed by atoms with Crippen molar-refractivity contribution in [3.8, 4) is 0 Å². The Labute approximate surface area is 156 Å². The summed E-state index contributed by atoms with van der Waals surface area (Å²) in [5.41, 5.74) is 1.01. The molecular weight excluding hydrogens is 354 g/mol. The molecule has 5 nitrogen and oxygen atoms in total. The van der Waals surface area contributed by atoms with E-state index in [9.17, 15) is 9.59 Å². The van der Waals surface area contributed by atoms with E-state index in [0.29, 0.717) is 23.6 Å². The lowest BCUT2D eigenvalue weighted by Gasteiger charge is -2.15. The molecule has 2 rings (SSSR count). The average molecular weight is 380 g/mol. The molecule has 0 aliphatic heterocycles. The Kier molecular flexibility index (Phi) is 6.84. The Morgan fingerprint density at radius 2 is 2.20 bits per heavy atom. The van der Waals surface area contributed by atoms with Crippen molar-refractivity contribution in [3.63, 3.8) is 0 Å². The minimum absolute atomic E-state index is 0.00139. The number of aromatic nitrogens is 2. The zero-order valence-electron chi connectivity index (χ0n) is 15.2. The van der Waals surface area contributed by atoms with E-state index in [0.717, 1.165) is 28.1 Å². The Morgan fingerprint density at radius 1 is 1.48 bits per heavy atom. The van der Waals surface area contributed by atoms with E-state index in [1.165, 1.54) is 23.1 Å². The maximum Gasteiger partial charge on any atom is 0.263 e. The first-order chi connectivity index (χ1) is 11.9. The molecule has 1 N–H and O–H groups in total. The molecule has 1 atom stereocenters. The third kappa shape index (κ3) is 4.33. The zero-order valence-corrected chi connectivity index (χ0v) is 16.9. The summed E-state index contributed by atoms with van der Waals surface area (Å²) in [7, 11) is 0. The van der Waals surface area contributed by atoms with Crippen molar-refractivity contribution in [2.24, 2.45) is 0 Å². The number of nitrogens with zero attached hydrogens (tertiary/aromatic N) is 2. The maximum atomic E-state index is 13.0. The third-order valence-electron chi connectivity index (χ3n) is 4.06. The molecule has 0 radical (unpaired) electrons. The van der Waals surface area contributed by atoms with Gasteiger partial charge in [-0.05, 0) is 32.8 Å². The van der Waals surface area contributed by atoms with E-state index in [4.69, 9.17) is 4.98 Å². The van der Waals surface area contributed by atoms with Crippen LogP contribution in [0.1, 0.15) is 37.1 Å². The Morgan fingerprint density at radius 3 is 2.84 bits per heavy atom. The number of fused-ring (bicyclic) bond motifs is 1. The quantitative estimate of drug-likeness (QED) is 0.432. The molecule has 0 aliphatic rings. The maximum absolute atomic E-state index is 13.0. The van der Waals surface area contributed by atoms with Crippen molar-refractivity contribution < 1.29 is 4.79 Å². The van der Waals surface area contributed by atoms with Gasteiger partial charge < -0.3 is 5.32 Å². The standard InChI is InChI=1S/C18H25N3O2S2/c1-6-8-10-21-17(23)14-11(3)12(4)24-16(14)20-18(21)25-13(5)15(22)19-9-7-2/h7,13H,2,6,8-10H2,1,3-5H3,(H,19,22)/t13-/m1/s1. The van der Waals surface area contributed by atoms with Gasteiger partial charge in [0.1, 0.15) is 4.83 Å². The second-order valence-electron chi connectivity index (χ2n) is 5.96. The second kappa shape index (κ2) is 8.67. The van der Waals surface area contributed by atoms with Gasteiger partial charge in [0.05, 0.1) is 10.6 Å². The van der Waals surface area contributed by atoms with E-state index < -0.39 is 0 Å². The minimum Gasteiger partial charge on any atom is -0.352 e. The molecule has 0 bridgehead atoms. The van der Waals surface area contributed by atoms with Crippen molar-refractivity contribution in [3.05, 3.63) is 33.4 Å². The van der Waals surface area contributed by atoms with Crippen LogP contribution < -0.4 is 10.9 Å². The Balaban J connectivity index is 2.44. The fourth-order valence-corrected chi connectivity index (χ4v) is 4.47. The third-order valence-corrected chi connectivity index (χ3v) is 6.25. The van der Waals surface area contributed by atoms with Crippen molar-refractivity contribution >= 4 is 39.2 Å². The topological polar surface area (TPSA) is 64.0 Å². The van der Waals surface area contributed by atoms with Crippen molar-refractivity contribution in [2.45, 2.75) is 57.5 Å². The second-order valence-corrected chi connectivity index (χ2v) is 8.47. The molecule has 2 heterocycles. The smallest absolute Gasteiger partial charge is 0.263 e. The van der Waals surface area contributed by atoms with Crippen LogP contribution in [0.4, 0.5) is 0 Å². The van der Waals surface area contributed by atoms with Crippen LogP contribution in [0.5, 0.6) is 0 Å². The van der Waals surface area contributed by atoms with Crippen molar-refractivity contribution in [1.82, 2.24) is 14.9 Å². The SMILES string of the molecule is C=CCNC(=O)[C@@H](C)Sc1nc2sc(C)c(C)c2c(=O)n1CCCC. The van der Waals surface area contributed by atoms with Crippen LogP contribution in [0.15, 0.2) is 22.6 Å². The summed E-state index contributed by atoms with van der Waals surface area (Å²) < 4.78 is 1.73. The highest BCUT2D eigenvalue weighted by Crippen LogP contribution is 2.29. The number of hydrogen-bond acceptors (Lipinski definition) is 5. The van der Waals surface area contributed by atoms with Gasteiger partial charge in [0, 0.05) is 18.0 Å². The number of carbonyl (C=O) groups excluding carboxylic acids is 1. The van der Waals surface area contributed by atoms with Gasteiger partial charge in [0.15, 0.2) is 5.16 Å². The lowest BCUT2D eigenvalue weighted by Crippen LogP contribution is -2.32. The predicted octanol–water partition coefficient (Wildman–Crippen LogP) is 3.66. The number of carbonyl (C=O) groups is 1. The van der Waals surface area contributed by atoms with Crippen LogP contribution >= 0.6 is 23.1 Å². The number of unbranched alkanes of at least 4 members (excludes halogenated alkanes) is 1. The number of nitrogens with one attached hydrogen (secondary N) is 1. The molecule has 0 saturated heterocycles. The summed E-state index contributed by atoms with van der Waals surface area (Å²) in [4.78, 5) is 31.7. The van der Waals surface area contributed by atoms with Gasteiger partial charge in [0.25, 0.3) is 5.56 Å². The van der Waals surface area contributed by atoms with Crippen LogP contribution in [0, 0.1) is 13.8 Å². The molecule has 1 amide bonds. The van der Waals surface area contributed by atoms with E-state index in [2.05, 4.69) is 18.8 Å². The number of thiophene rings is 1. The van der Waals surface area contributed by atoms with Crippen LogP contribution in [-0.4, -0.2) is 27.3 Å². The summed E-state index contributed by atoms with van der Waals surface area (Å²) in [5, 5.41) is 3.79. The van der Waals surface area contributed by atoms with Gasteiger partial charge >= 0.3 is 0 Å². The predicted molar refractivity (Wildman–Crippen MR) is 107 cm³/mol. The van der Waals surface area contributed by atoms with Crippen LogP contribution in [0.25, 0.3) is 10.2 Å². The first-order valence-corrected chi connectivity index (χ1v) is 10.2. The van der Waals surface area contributed by atoms with E-state index in [1.807, 2.05) is 20.8 Å². The highest BCUT2D eigenvalue weighted by atomic mass is 32.2. The summed E-state index contributed by atoms with van der Waals surface area (Å²) >= 11 is 2.87. The number of hydrogen-bond donors (Lipinski definition) is 1. The summed E-state index contributed by atoms with van der Waals surface area (Å²) in [6.07, 6.45) is 3.54. The van der Waals surface area contributed by atoms with Crippen LogP contribution in [0.3, 0.4) is 0 Å². The molecule has 2 aromatic heterocycles. The first kappa shape index (κ1) is 19.7. The van der Waals surface area contributed by atoms with Gasteiger partial charge in [-0.2, -0.15) is 0 Å². The van der Waals surface area contributed by atoms with Gasteiger partial charge in [-0.15, -0.1) is 17.9 Å². The number of amides is 1. The van der Waals surface area contributed by atoms with Crippen LogP contribution in [-0.2, 0) is 11.3 Å². The first-order valence-electron chi connectivity index (χ1n) is 8.46. The summed E-state index contributed by atoms with van der Waals surface area (Å²) in [6.45, 7) is 12.6. The summed E-state index contributed by atoms with van der Waals surface area (Å²) in [5.74, 6) is -0.0835. The minimum atomic E-state index is -0.334. The molecule has 0 fully saturated rings. The number of aryl methyl sites for hydroxylation is 2. The zero-order chi connectivity index (χ0) is 18.6. The molecule has 136 valence electrons. The summed E-state index contributed by atoms with van der Waals surface area (Å²) in [6, 6.07) is 0. The van der Waals surface area contributed by atoms with Crippen molar-refractivity contribution in [1.29, 1.82) is 0 Å². The molecule has 0 saturated carbocycles. The highest BCUT2D eigenvalue weighted by Gasteiger charge is 2.21. The van der Waals surface area contributed by atoms with E-state index in [1.54, 1.807) is 10.6 Å². The fourth-order valence-electron chi connectivity index (χ4n) is 2.44. The normalized spacial score (nSPS) is 12.3. The highest BCUT2D eigenvalue weighted by molar-refractivity contribution is 8.00. The molecular formula is C18H25N3O2S2. The molecule has 0 spiro atoms. The molecule has 0 aliphatic carbocycles. The Hall–Kier alpha value is -1.60. The van der Waals surface area contributed by atoms with Gasteiger partial charge in [-0.1, -0.05) is 31.2 Å². The number of thioether (sulfide) groups is 1. The van der Waals surface area contributed by atoms with Crippen molar-refractivity contribution in [2.75, 3.05) is 6.54 Å². The molecule has 25 heavy (non-hydrogen) atoms. The lowest BCUT2D eigenvalue weighted by molar-refractivity contribution is -0.120. The monoisotopic (exact) mass is 379 g/mol. The molecule has 7 heteroatoms. The molecule has 0 aromatic carbocycles.